The largest absolute Gasteiger partial charge is 0.369 e. The van der Waals surface area contributed by atoms with Gasteiger partial charge in [-0.2, -0.15) is 0 Å². The molecule has 2 amide bonds. The number of nitrogens with zero attached hydrogens (tertiary/aromatic N) is 3. The van der Waals surface area contributed by atoms with Crippen LogP contribution in [0.15, 0.2) is 42.5 Å². The van der Waals surface area contributed by atoms with Crippen LogP contribution >= 0.6 is 11.6 Å². The molecule has 3 aliphatic rings. The third-order valence-electron chi connectivity index (χ3n) is 7.11. The van der Waals surface area contributed by atoms with Crippen molar-refractivity contribution in [2.24, 2.45) is 0 Å². The first-order valence-corrected chi connectivity index (χ1v) is 12.7. The molecule has 1 unspecified atom stereocenters. The minimum atomic E-state index is -0.0939. The second-order valence-electron chi connectivity index (χ2n) is 9.34. The molecule has 2 fully saturated rings. The van der Waals surface area contributed by atoms with E-state index in [4.69, 9.17) is 11.6 Å². The van der Waals surface area contributed by atoms with Gasteiger partial charge < -0.3 is 20.4 Å². The SMILES string of the molecule is O=C(NCCCN1CCN(c2cccc(Cl)c2)CC1)c1ccc2c(c1)NC(=O)C1CCCCN21. The summed E-state index contributed by atoms with van der Waals surface area (Å²) in [6, 6.07) is 13.6. The van der Waals surface area contributed by atoms with Crippen molar-refractivity contribution in [3.8, 4) is 0 Å². The van der Waals surface area contributed by atoms with E-state index >= 15 is 0 Å². The fourth-order valence-electron chi connectivity index (χ4n) is 5.25. The average molecular weight is 482 g/mol. The van der Waals surface area contributed by atoms with Gasteiger partial charge in [0.25, 0.3) is 5.91 Å². The third-order valence-corrected chi connectivity index (χ3v) is 7.35. The monoisotopic (exact) mass is 481 g/mol. The Morgan fingerprint density at radius 1 is 1.06 bits per heavy atom. The van der Waals surface area contributed by atoms with Gasteiger partial charge in [0.15, 0.2) is 0 Å². The van der Waals surface area contributed by atoms with Gasteiger partial charge in [0, 0.05) is 55.5 Å². The number of nitrogens with one attached hydrogen (secondary N) is 2. The highest BCUT2D eigenvalue weighted by molar-refractivity contribution is 6.30. The first-order valence-electron chi connectivity index (χ1n) is 12.3. The van der Waals surface area contributed by atoms with Crippen LogP contribution in [0.4, 0.5) is 17.1 Å². The topological polar surface area (TPSA) is 67.9 Å². The van der Waals surface area contributed by atoms with Gasteiger partial charge in [-0.1, -0.05) is 17.7 Å². The van der Waals surface area contributed by atoms with Gasteiger partial charge >= 0.3 is 0 Å². The first kappa shape index (κ1) is 23.0. The first-order chi connectivity index (χ1) is 16.6. The number of amides is 2. The summed E-state index contributed by atoms with van der Waals surface area (Å²) >= 11 is 6.12. The van der Waals surface area contributed by atoms with Gasteiger partial charge in [-0.15, -0.1) is 0 Å². The molecule has 0 aliphatic carbocycles. The van der Waals surface area contributed by atoms with Crippen LogP contribution < -0.4 is 20.4 Å². The zero-order valence-electron chi connectivity index (χ0n) is 19.4. The van der Waals surface area contributed by atoms with E-state index in [1.807, 2.05) is 36.4 Å². The highest BCUT2D eigenvalue weighted by atomic mass is 35.5. The summed E-state index contributed by atoms with van der Waals surface area (Å²) in [6.07, 6.45) is 3.98. The summed E-state index contributed by atoms with van der Waals surface area (Å²) in [5.74, 6) is -0.0520. The molecule has 2 aromatic rings. The van der Waals surface area contributed by atoms with Crippen molar-refractivity contribution < 1.29 is 9.59 Å². The second kappa shape index (κ2) is 10.2. The molecule has 8 heteroatoms. The van der Waals surface area contributed by atoms with E-state index < -0.39 is 0 Å². The maximum Gasteiger partial charge on any atom is 0.251 e. The quantitative estimate of drug-likeness (QED) is 0.617. The summed E-state index contributed by atoms with van der Waals surface area (Å²) in [6.45, 7) is 6.44. The zero-order valence-corrected chi connectivity index (χ0v) is 20.2. The molecule has 3 heterocycles. The van der Waals surface area contributed by atoms with E-state index in [0.717, 1.165) is 81.3 Å². The van der Waals surface area contributed by atoms with Crippen LogP contribution in [0.2, 0.25) is 5.02 Å². The fraction of sp³-hybridized carbons (Fsp3) is 0.462. The van der Waals surface area contributed by atoms with Gasteiger partial charge in [-0.3, -0.25) is 14.5 Å². The lowest BCUT2D eigenvalue weighted by molar-refractivity contribution is -0.118. The Kier molecular flexibility index (Phi) is 6.92. The van der Waals surface area contributed by atoms with Crippen molar-refractivity contribution in [2.45, 2.75) is 31.7 Å². The number of carbonyl (C=O) groups excluding carboxylic acids is 2. The Balaban J connectivity index is 1.07. The minimum absolute atomic E-state index is 0.0419. The second-order valence-corrected chi connectivity index (χ2v) is 9.78. The minimum Gasteiger partial charge on any atom is -0.369 e. The van der Waals surface area contributed by atoms with E-state index in [1.54, 1.807) is 0 Å². The van der Waals surface area contributed by atoms with E-state index in [1.165, 1.54) is 5.69 Å². The van der Waals surface area contributed by atoms with Crippen molar-refractivity contribution in [1.29, 1.82) is 0 Å². The highest BCUT2D eigenvalue weighted by Gasteiger charge is 2.34. The number of anilines is 3. The zero-order chi connectivity index (χ0) is 23.5. The van der Waals surface area contributed by atoms with Gasteiger partial charge in [0.1, 0.15) is 6.04 Å². The number of hydrogen-bond donors (Lipinski definition) is 2. The maximum atomic E-state index is 12.7. The lowest BCUT2D eigenvalue weighted by Crippen LogP contribution is -2.50. The van der Waals surface area contributed by atoms with Crippen LogP contribution in [0.1, 0.15) is 36.0 Å². The number of carbonyl (C=O) groups is 2. The standard InChI is InChI=1S/C26H32ClN5O2/c27-20-5-3-6-21(18-20)31-15-13-30(14-16-31)11-4-10-28-25(33)19-8-9-23-22(17-19)29-26(34)24-7-1-2-12-32(23)24/h3,5-6,8-9,17-18,24H,1-2,4,7,10-16H2,(H,28,33)(H,29,34). The summed E-state index contributed by atoms with van der Waals surface area (Å²) in [7, 11) is 0. The van der Waals surface area contributed by atoms with Crippen LogP contribution in [0.3, 0.4) is 0 Å². The Labute approximate surface area is 206 Å². The van der Waals surface area contributed by atoms with Crippen molar-refractivity contribution in [3.63, 3.8) is 0 Å². The molecule has 0 spiro atoms. The van der Waals surface area contributed by atoms with Gasteiger partial charge in [0.05, 0.1) is 11.4 Å². The van der Waals surface area contributed by atoms with E-state index in [2.05, 4.69) is 31.4 Å². The van der Waals surface area contributed by atoms with Crippen LogP contribution in [0.5, 0.6) is 0 Å². The van der Waals surface area contributed by atoms with Crippen molar-refractivity contribution >= 4 is 40.5 Å². The normalized spacial score (nSPS) is 20.4. The number of piperazine rings is 1. The van der Waals surface area contributed by atoms with E-state index in [9.17, 15) is 9.59 Å². The molecule has 0 bridgehead atoms. The fourth-order valence-corrected chi connectivity index (χ4v) is 5.43. The number of piperidine rings is 1. The molecule has 7 nitrogen and oxygen atoms in total. The van der Waals surface area contributed by atoms with Crippen molar-refractivity contribution in [1.82, 2.24) is 10.2 Å². The Morgan fingerprint density at radius 3 is 2.74 bits per heavy atom. The lowest BCUT2D eigenvalue weighted by atomic mass is 9.97. The molecule has 34 heavy (non-hydrogen) atoms. The lowest BCUT2D eigenvalue weighted by Gasteiger charge is -2.41. The van der Waals surface area contributed by atoms with Gasteiger partial charge in [-0.05, 0) is 68.6 Å². The molecule has 5 rings (SSSR count). The van der Waals surface area contributed by atoms with Gasteiger partial charge in [-0.25, -0.2) is 0 Å². The van der Waals surface area contributed by atoms with E-state index in [-0.39, 0.29) is 17.9 Å². The number of halogens is 1. The van der Waals surface area contributed by atoms with Crippen LogP contribution in [-0.4, -0.2) is 68.6 Å². The third kappa shape index (κ3) is 5.00. The molecular formula is C26H32ClN5O2. The van der Waals surface area contributed by atoms with E-state index in [0.29, 0.717) is 12.1 Å². The molecule has 3 aliphatic heterocycles. The van der Waals surface area contributed by atoms with Crippen molar-refractivity contribution in [2.75, 3.05) is 60.9 Å². The van der Waals surface area contributed by atoms with Crippen LogP contribution in [0.25, 0.3) is 0 Å². The molecule has 0 radical (unpaired) electrons. The summed E-state index contributed by atoms with van der Waals surface area (Å²) < 4.78 is 0. The maximum absolute atomic E-state index is 12.7. The molecule has 2 saturated heterocycles. The predicted molar refractivity (Wildman–Crippen MR) is 137 cm³/mol. The van der Waals surface area contributed by atoms with Crippen LogP contribution in [-0.2, 0) is 4.79 Å². The van der Waals surface area contributed by atoms with Crippen LogP contribution in [0, 0.1) is 0 Å². The molecule has 2 N–H and O–H groups in total. The molecule has 2 aromatic carbocycles. The molecular weight excluding hydrogens is 450 g/mol. The number of rotatable bonds is 6. The predicted octanol–water partition coefficient (Wildman–Crippen LogP) is 3.59. The summed E-state index contributed by atoms with van der Waals surface area (Å²) in [5, 5.41) is 6.81. The highest BCUT2D eigenvalue weighted by Crippen LogP contribution is 2.36. The molecule has 180 valence electrons. The molecule has 0 saturated carbocycles. The average Bonchev–Trinajstić information content (AvgIpc) is 2.87. The van der Waals surface area contributed by atoms with Crippen molar-refractivity contribution in [3.05, 3.63) is 53.1 Å². The summed E-state index contributed by atoms with van der Waals surface area (Å²) in [4.78, 5) is 32.2. The Morgan fingerprint density at radius 2 is 1.91 bits per heavy atom. The number of benzene rings is 2. The molecule has 1 atom stereocenters. The molecule has 0 aromatic heterocycles. The smallest absolute Gasteiger partial charge is 0.251 e. The summed E-state index contributed by atoms with van der Waals surface area (Å²) in [5.41, 5.74) is 3.53. The number of hydrogen-bond acceptors (Lipinski definition) is 5. The number of fused-ring (bicyclic) bond motifs is 3. The van der Waals surface area contributed by atoms with Gasteiger partial charge in [0.2, 0.25) is 5.91 Å². The Bertz CT molecular complexity index is 1050. The Hall–Kier alpha value is -2.77.